The molecule has 2 nitrogen and oxygen atoms in total. The van der Waals surface area contributed by atoms with Crippen LogP contribution in [0.25, 0.3) is 0 Å². The molecule has 1 aromatic carbocycles. The summed E-state index contributed by atoms with van der Waals surface area (Å²) in [5, 5.41) is 2.72. The van der Waals surface area contributed by atoms with Crippen LogP contribution in [0.2, 0.25) is 0 Å². The average molecular weight is 181 g/mol. The number of hydrogen-bond acceptors (Lipinski definition) is 1. The van der Waals surface area contributed by atoms with E-state index in [0.29, 0.717) is 5.56 Å². The van der Waals surface area contributed by atoms with Gasteiger partial charge in [0.05, 0.1) is 0 Å². The molecule has 0 unspecified atom stereocenters. The van der Waals surface area contributed by atoms with E-state index in [2.05, 4.69) is 5.32 Å². The first-order valence-electron chi connectivity index (χ1n) is 4.16. The van der Waals surface area contributed by atoms with Crippen molar-refractivity contribution in [2.75, 3.05) is 0 Å². The minimum Gasteiger partial charge on any atom is -0.350 e. The van der Waals surface area contributed by atoms with Gasteiger partial charge in [-0.1, -0.05) is 0 Å². The Balaban J connectivity index is 2.72. The highest BCUT2D eigenvalue weighted by Crippen LogP contribution is 2.02. The second-order valence-electron chi connectivity index (χ2n) is 3.14. The third kappa shape index (κ3) is 2.86. The second kappa shape index (κ2) is 4.03. The van der Waals surface area contributed by atoms with Gasteiger partial charge >= 0.3 is 0 Å². The van der Waals surface area contributed by atoms with E-state index < -0.39 is 0 Å². The van der Waals surface area contributed by atoms with Crippen LogP contribution in [0, 0.1) is 5.82 Å². The van der Waals surface area contributed by atoms with Crippen molar-refractivity contribution in [2.45, 2.75) is 19.9 Å². The van der Waals surface area contributed by atoms with Gasteiger partial charge in [0.2, 0.25) is 0 Å². The molecule has 0 aliphatic rings. The molecule has 1 N–H and O–H groups in total. The van der Waals surface area contributed by atoms with Crippen molar-refractivity contribution in [1.29, 1.82) is 0 Å². The fourth-order valence-corrected chi connectivity index (χ4v) is 0.947. The van der Waals surface area contributed by atoms with Crippen LogP contribution in [0.4, 0.5) is 4.39 Å². The number of rotatable bonds is 2. The molecule has 1 rings (SSSR count). The Morgan fingerprint density at radius 1 is 1.31 bits per heavy atom. The minimum absolute atomic E-state index is 0.0950. The van der Waals surface area contributed by atoms with Gasteiger partial charge in [-0.3, -0.25) is 4.79 Å². The third-order valence-corrected chi connectivity index (χ3v) is 1.53. The number of amides is 1. The molecule has 0 saturated heterocycles. The molecule has 13 heavy (non-hydrogen) atoms. The number of benzene rings is 1. The topological polar surface area (TPSA) is 29.1 Å². The zero-order chi connectivity index (χ0) is 9.84. The van der Waals surface area contributed by atoms with E-state index in [-0.39, 0.29) is 17.8 Å². The Bertz CT molecular complexity index is 292. The molecule has 3 heteroatoms. The Morgan fingerprint density at radius 2 is 1.85 bits per heavy atom. The molecule has 1 aromatic rings. The Hall–Kier alpha value is -1.38. The van der Waals surface area contributed by atoms with E-state index in [0.717, 1.165) is 0 Å². The zero-order valence-electron chi connectivity index (χ0n) is 7.67. The van der Waals surface area contributed by atoms with Gasteiger partial charge in [0.1, 0.15) is 5.82 Å². The van der Waals surface area contributed by atoms with Gasteiger partial charge in [0.15, 0.2) is 0 Å². The van der Waals surface area contributed by atoms with Crippen LogP contribution in [-0.4, -0.2) is 11.9 Å². The molecule has 0 aliphatic heterocycles. The summed E-state index contributed by atoms with van der Waals surface area (Å²) in [4.78, 5) is 11.3. The monoisotopic (exact) mass is 181 g/mol. The lowest BCUT2D eigenvalue weighted by atomic mass is 10.2. The summed E-state index contributed by atoms with van der Waals surface area (Å²) in [6.45, 7) is 3.75. The van der Waals surface area contributed by atoms with Crippen molar-refractivity contribution in [2.24, 2.45) is 0 Å². The quantitative estimate of drug-likeness (QED) is 0.742. The lowest BCUT2D eigenvalue weighted by molar-refractivity contribution is 0.0943. The van der Waals surface area contributed by atoms with Gasteiger partial charge < -0.3 is 5.32 Å². The summed E-state index contributed by atoms with van der Waals surface area (Å²) in [5.74, 6) is -0.504. The predicted octanol–water partition coefficient (Wildman–Crippen LogP) is 1.96. The number of carbonyl (C=O) groups excluding carboxylic acids is 1. The SMILES string of the molecule is CC(C)NC(=O)c1ccc(F)cc1. The highest BCUT2D eigenvalue weighted by atomic mass is 19.1. The van der Waals surface area contributed by atoms with E-state index in [1.807, 2.05) is 13.8 Å². The molecule has 0 bridgehead atoms. The van der Waals surface area contributed by atoms with Crippen molar-refractivity contribution >= 4 is 5.91 Å². The number of hydrogen-bond donors (Lipinski definition) is 1. The summed E-state index contributed by atoms with van der Waals surface area (Å²) in [7, 11) is 0. The molecule has 0 fully saturated rings. The standard InChI is InChI=1S/C10H12FNO/c1-7(2)12-10(13)8-3-5-9(11)6-4-8/h3-7H,1-2H3,(H,12,13). The maximum Gasteiger partial charge on any atom is 0.251 e. The van der Waals surface area contributed by atoms with Gasteiger partial charge in [-0.15, -0.1) is 0 Å². The molecule has 0 saturated carbocycles. The molecule has 0 radical (unpaired) electrons. The molecule has 0 aromatic heterocycles. The molecule has 0 atom stereocenters. The largest absolute Gasteiger partial charge is 0.350 e. The summed E-state index contributed by atoms with van der Waals surface area (Å²) in [6, 6.07) is 5.57. The second-order valence-corrected chi connectivity index (χ2v) is 3.14. The normalized spacial score (nSPS) is 10.2. The van der Waals surface area contributed by atoms with Gasteiger partial charge in [-0.25, -0.2) is 4.39 Å². The summed E-state index contributed by atoms with van der Waals surface area (Å²) < 4.78 is 12.5. The van der Waals surface area contributed by atoms with E-state index in [1.165, 1.54) is 24.3 Å². The third-order valence-electron chi connectivity index (χ3n) is 1.53. The summed E-state index contributed by atoms with van der Waals surface area (Å²) in [5.41, 5.74) is 0.482. The van der Waals surface area contributed by atoms with E-state index in [1.54, 1.807) is 0 Å². The molecule has 70 valence electrons. The Kier molecular flexibility index (Phi) is 3.01. The van der Waals surface area contributed by atoms with Crippen molar-refractivity contribution in [3.8, 4) is 0 Å². The number of carbonyl (C=O) groups is 1. The first kappa shape index (κ1) is 9.71. The number of nitrogens with one attached hydrogen (secondary N) is 1. The molecular formula is C10H12FNO. The van der Waals surface area contributed by atoms with E-state index in [9.17, 15) is 9.18 Å². The zero-order valence-corrected chi connectivity index (χ0v) is 7.67. The van der Waals surface area contributed by atoms with Gasteiger partial charge in [0, 0.05) is 11.6 Å². The fraction of sp³-hybridized carbons (Fsp3) is 0.300. The maximum absolute atomic E-state index is 12.5. The van der Waals surface area contributed by atoms with Gasteiger partial charge in [-0.2, -0.15) is 0 Å². The molecular weight excluding hydrogens is 169 g/mol. The van der Waals surface area contributed by atoms with Crippen LogP contribution in [0.1, 0.15) is 24.2 Å². The summed E-state index contributed by atoms with van der Waals surface area (Å²) >= 11 is 0. The van der Waals surface area contributed by atoms with Gasteiger partial charge in [-0.05, 0) is 38.1 Å². The van der Waals surface area contributed by atoms with Crippen molar-refractivity contribution in [1.82, 2.24) is 5.32 Å². The Labute approximate surface area is 76.8 Å². The first-order chi connectivity index (χ1) is 6.09. The first-order valence-corrected chi connectivity index (χ1v) is 4.16. The van der Waals surface area contributed by atoms with Crippen LogP contribution in [0.5, 0.6) is 0 Å². The molecule has 0 aliphatic carbocycles. The summed E-state index contributed by atoms with van der Waals surface area (Å²) in [6.07, 6.45) is 0. The van der Waals surface area contributed by atoms with E-state index >= 15 is 0 Å². The van der Waals surface area contributed by atoms with Gasteiger partial charge in [0.25, 0.3) is 5.91 Å². The van der Waals surface area contributed by atoms with E-state index in [4.69, 9.17) is 0 Å². The molecule has 1 amide bonds. The minimum atomic E-state index is -0.332. The van der Waals surface area contributed by atoms with Crippen molar-refractivity contribution in [3.63, 3.8) is 0 Å². The van der Waals surface area contributed by atoms with Crippen molar-refractivity contribution < 1.29 is 9.18 Å². The highest BCUT2D eigenvalue weighted by Gasteiger charge is 2.05. The van der Waals surface area contributed by atoms with Crippen LogP contribution in [0.3, 0.4) is 0 Å². The smallest absolute Gasteiger partial charge is 0.251 e. The van der Waals surface area contributed by atoms with Crippen LogP contribution < -0.4 is 5.32 Å². The molecule has 0 spiro atoms. The lowest BCUT2D eigenvalue weighted by Gasteiger charge is -2.07. The number of halogens is 1. The Morgan fingerprint density at radius 3 is 2.31 bits per heavy atom. The van der Waals surface area contributed by atoms with Crippen LogP contribution in [0.15, 0.2) is 24.3 Å². The predicted molar refractivity (Wildman–Crippen MR) is 49.0 cm³/mol. The molecule has 0 heterocycles. The van der Waals surface area contributed by atoms with Crippen LogP contribution >= 0.6 is 0 Å². The van der Waals surface area contributed by atoms with Crippen LogP contribution in [-0.2, 0) is 0 Å². The maximum atomic E-state index is 12.5. The highest BCUT2D eigenvalue weighted by molar-refractivity contribution is 5.94. The van der Waals surface area contributed by atoms with Crippen molar-refractivity contribution in [3.05, 3.63) is 35.6 Å². The lowest BCUT2D eigenvalue weighted by Crippen LogP contribution is -2.29. The average Bonchev–Trinajstić information content (AvgIpc) is 2.04. The fourth-order valence-electron chi connectivity index (χ4n) is 0.947.